The molecule has 2 atom stereocenters. The number of nitrogens with zero attached hydrogens (tertiary/aromatic N) is 4. The summed E-state index contributed by atoms with van der Waals surface area (Å²) >= 11 is 6.44. The molecule has 1 fully saturated rings. The van der Waals surface area contributed by atoms with Crippen LogP contribution in [0.1, 0.15) is 25.5 Å². The topological polar surface area (TPSA) is 70.5 Å². The van der Waals surface area contributed by atoms with Gasteiger partial charge in [0.15, 0.2) is 0 Å². The number of amides is 1. The predicted octanol–water partition coefficient (Wildman–Crippen LogP) is 3.41. The molecule has 178 valence electrons. The fraction of sp³-hybridized carbons (Fsp3) is 0.320. The molecule has 34 heavy (non-hydrogen) atoms. The normalized spacial score (nSPS) is 16.2. The van der Waals surface area contributed by atoms with E-state index in [1.54, 1.807) is 30.5 Å². The summed E-state index contributed by atoms with van der Waals surface area (Å²) in [6.45, 7) is 6.25. The van der Waals surface area contributed by atoms with Crippen LogP contribution in [0.3, 0.4) is 0 Å². The van der Waals surface area contributed by atoms with Gasteiger partial charge in [-0.05, 0) is 43.7 Å². The summed E-state index contributed by atoms with van der Waals surface area (Å²) in [6, 6.07) is 14.7. The van der Waals surface area contributed by atoms with E-state index in [1.807, 2.05) is 36.9 Å². The van der Waals surface area contributed by atoms with Crippen molar-refractivity contribution in [3.63, 3.8) is 0 Å². The SMILES string of the molecule is CC(NC(=O)C(C)N1CCN(c2cnn(-c3ccccc3)c(=O)c2Cl)CC1)c1ccc(F)cc1. The van der Waals surface area contributed by atoms with Gasteiger partial charge >= 0.3 is 0 Å². The summed E-state index contributed by atoms with van der Waals surface area (Å²) in [4.78, 5) is 29.7. The maximum atomic E-state index is 13.2. The molecule has 2 aromatic carbocycles. The maximum absolute atomic E-state index is 13.2. The Balaban J connectivity index is 1.37. The standard InChI is InChI=1S/C25H27ClFN5O2/c1-17(19-8-10-20(27)11-9-19)29-24(33)18(2)30-12-14-31(15-13-30)22-16-28-32(25(34)23(22)26)21-6-4-3-5-7-21/h3-11,16-18H,12-15H2,1-2H3,(H,29,33). The van der Waals surface area contributed by atoms with E-state index < -0.39 is 0 Å². The third-order valence-corrected chi connectivity index (χ3v) is 6.57. The van der Waals surface area contributed by atoms with Crippen molar-refractivity contribution in [2.75, 3.05) is 31.1 Å². The molecule has 2 unspecified atom stereocenters. The minimum absolute atomic E-state index is 0.0876. The molecule has 3 aromatic rings. The van der Waals surface area contributed by atoms with Crippen molar-refractivity contribution in [1.82, 2.24) is 20.0 Å². The third kappa shape index (κ3) is 5.13. The molecule has 1 aliphatic rings. The van der Waals surface area contributed by atoms with Crippen molar-refractivity contribution in [1.29, 1.82) is 0 Å². The Morgan fingerprint density at radius 1 is 1.03 bits per heavy atom. The van der Waals surface area contributed by atoms with Gasteiger partial charge in [-0.2, -0.15) is 9.78 Å². The number of para-hydroxylation sites is 1. The molecule has 7 nitrogen and oxygen atoms in total. The van der Waals surface area contributed by atoms with Crippen LogP contribution in [0.4, 0.5) is 10.1 Å². The largest absolute Gasteiger partial charge is 0.366 e. The van der Waals surface area contributed by atoms with Gasteiger partial charge in [-0.15, -0.1) is 0 Å². The number of carbonyl (C=O) groups is 1. The van der Waals surface area contributed by atoms with Crippen LogP contribution in [-0.4, -0.2) is 52.8 Å². The van der Waals surface area contributed by atoms with Crippen LogP contribution < -0.4 is 15.8 Å². The molecule has 1 aliphatic heterocycles. The van der Waals surface area contributed by atoms with Crippen LogP contribution in [0.15, 0.2) is 65.6 Å². The molecule has 1 aromatic heterocycles. The fourth-order valence-electron chi connectivity index (χ4n) is 4.08. The highest BCUT2D eigenvalue weighted by molar-refractivity contribution is 6.33. The zero-order valence-electron chi connectivity index (χ0n) is 19.1. The molecule has 0 radical (unpaired) electrons. The number of nitrogens with one attached hydrogen (secondary N) is 1. The van der Waals surface area contributed by atoms with Crippen molar-refractivity contribution in [2.45, 2.75) is 25.9 Å². The van der Waals surface area contributed by atoms with E-state index in [4.69, 9.17) is 11.6 Å². The smallest absolute Gasteiger partial charge is 0.292 e. The van der Waals surface area contributed by atoms with Crippen molar-refractivity contribution in [3.8, 4) is 5.69 Å². The zero-order chi connectivity index (χ0) is 24.2. The Hall–Kier alpha value is -3.23. The monoisotopic (exact) mass is 483 g/mol. The second kappa shape index (κ2) is 10.4. The predicted molar refractivity (Wildman–Crippen MR) is 131 cm³/mol. The van der Waals surface area contributed by atoms with E-state index in [0.717, 1.165) is 5.56 Å². The van der Waals surface area contributed by atoms with Crippen LogP contribution in [0.5, 0.6) is 0 Å². The van der Waals surface area contributed by atoms with Crippen LogP contribution in [0, 0.1) is 5.82 Å². The van der Waals surface area contributed by atoms with E-state index in [1.165, 1.54) is 16.8 Å². The second-order valence-corrected chi connectivity index (χ2v) is 8.76. The molecule has 9 heteroatoms. The molecule has 2 heterocycles. The first-order valence-electron chi connectivity index (χ1n) is 11.2. The molecule has 1 N–H and O–H groups in total. The Labute approximate surface area is 202 Å². The van der Waals surface area contributed by atoms with E-state index in [0.29, 0.717) is 37.6 Å². The van der Waals surface area contributed by atoms with Crippen molar-refractivity contribution < 1.29 is 9.18 Å². The number of anilines is 1. The first-order chi connectivity index (χ1) is 16.3. The van der Waals surface area contributed by atoms with E-state index in [2.05, 4.69) is 15.3 Å². The lowest BCUT2D eigenvalue weighted by Crippen LogP contribution is -2.54. The summed E-state index contributed by atoms with van der Waals surface area (Å²) in [5.41, 5.74) is 1.73. The fourth-order valence-corrected chi connectivity index (χ4v) is 4.33. The van der Waals surface area contributed by atoms with Gasteiger partial charge in [0.1, 0.15) is 10.8 Å². The highest BCUT2D eigenvalue weighted by Crippen LogP contribution is 2.23. The van der Waals surface area contributed by atoms with E-state index in [-0.39, 0.29) is 34.4 Å². The highest BCUT2D eigenvalue weighted by atomic mass is 35.5. The van der Waals surface area contributed by atoms with E-state index >= 15 is 0 Å². The summed E-state index contributed by atoms with van der Waals surface area (Å²) in [7, 11) is 0. The van der Waals surface area contributed by atoms with Crippen molar-refractivity contribution >= 4 is 23.2 Å². The van der Waals surface area contributed by atoms with Crippen molar-refractivity contribution in [3.05, 3.63) is 87.6 Å². The van der Waals surface area contributed by atoms with Gasteiger partial charge in [-0.1, -0.05) is 41.9 Å². The van der Waals surface area contributed by atoms with E-state index in [9.17, 15) is 14.0 Å². The lowest BCUT2D eigenvalue weighted by atomic mass is 10.1. The lowest BCUT2D eigenvalue weighted by molar-refractivity contribution is -0.126. The first-order valence-corrected chi connectivity index (χ1v) is 11.6. The van der Waals surface area contributed by atoms with Gasteiger partial charge in [0, 0.05) is 26.2 Å². The molecule has 1 saturated heterocycles. The molecular weight excluding hydrogens is 457 g/mol. The Morgan fingerprint density at radius 2 is 1.68 bits per heavy atom. The molecule has 4 rings (SSSR count). The molecule has 0 bridgehead atoms. The molecule has 1 amide bonds. The number of aromatic nitrogens is 2. The number of hydrogen-bond donors (Lipinski definition) is 1. The average Bonchev–Trinajstić information content (AvgIpc) is 2.86. The summed E-state index contributed by atoms with van der Waals surface area (Å²) in [5.74, 6) is -0.392. The summed E-state index contributed by atoms with van der Waals surface area (Å²) < 4.78 is 14.4. The Kier molecular flexibility index (Phi) is 7.29. The zero-order valence-corrected chi connectivity index (χ0v) is 19.9. The molecule has 0 spiro atoms. The van der Waals surface area contributed by atoms with Gasteiger partial charge in [-0.25, -0.2) is 4.39 Å². The molecule has 0 saturated carbocycles. The van der Waals surface area contributed by atoms with Gasteiger partial charge in [0.25, 0.3) is 5.56 Å². The second-order valence-electron chi connectivity index (χ2n) is 8.38. The quantitative estimate of drug-likeness (QED) is 0.582. The van der Waals surface area contributed by atoms with Crippen LogP contribution >= 0.6 is 11.6 Å². The van der Waals surface area contributed by atoms with Gasteiger partial charge in [0.05, 0.1) is 29.7 Å². The third-order valence-electron chi connectivity index (χ3n) is 6.21. The number of hydrogen-bond acceptors (Lipinski definition) is 5. The minimum atomic E-state index is -0.365. The Morgan fingerprint density at radius 3 is 2.32 bits per heavy atom. The molecular formula is C25H27ClFN5O2. The minimum Gasteiger partial charge on any atom is -0.366 e. The maximum Gasteiger partial charge on any atom is 0.292 e. The number of carbonyl (C=O) groups excluding carboxylic acids is 1. The lowest BCUT2D eigenvalue weighted by Gasteiger charge is -2.38. The van der Waals surface area contributed by atoms with Gasteiger partial charge < -0.3 is 10.2 Å². The average molecular weight is 484 g/mol. The van der Waals surface area contributed by atoms with Gasteiger partial charge in [-0.3, -0.25) is 14.5 Å². The first kappa shape index (κ1) is 23.9. The van der Waals surface area contributed by atoms with Crippen molar-refractivity contribution in [2.24, 2.45) is 0 Å². The number of rotatable bonds is 6. The molecule has 0 aliphatic carbocycles. The summed E-state index contributed by atoms with van der Waals surface area (Å²) in [6.07, 6.45) is 1.62. The highest BCUT2D eigenvalue weighted by Gasteiger charge is 2.28. The summed E-state index contributed by atoms with van der Waals surface area (Å²) in [5, 5.41) is 7.44. The van der Waals surface area contributed by atoms with Crippen LogP contribution in [0.25, 0.3) is 5.69 Å². The number of benzene rings is 2. The van der Waals surface area contributed by atoms with Gasteiger partial charge in [0.2, 0.25) is 5.91 Å². The number of piperazine rings is 1. The van der Waals surface area contributed by atoms with Crippen LogP contribution in [-0.2, 0) is 4.79 Å². The number of halogens is 2. The Bertz CT molecular complexity index is 1190. The van der Waals surface area contributed by atoms with Crippen LogP contribution in [0.2, 0.25) is 5.02 Å².